The fourth-order valence-electron chi connectivity index (χ4n) is 1.67. The Hall–Kier alpha value is -2.08. The summed E-state index contributed by atoms with van der Waals surface area (Å²) in [7, 11) is 1.51. The van der Waals surface area contributed by atoms with Gasteiger partial charge in [-0.1, -0.05) is 17.7 Å². The zero-order valence-electron chi connectivity index (χ0n) is 10.1. The van der Waals surface area contributed by atoms with Crippen LogP contribution in [0.15, 0.2) is 18.2 Å². The molecule has 2 rings (SSSR count). The number of aryl methyl sites for hydroxylation is 2. The van der Waals surface area contributed by atoms with E-state index in [2.05, 4.69) is 5.10 Å². The highest BCUT2D eigenvalue weighted by Crippen LogP contribution is 2.31. The van der Waals surface area contributed by atoms with E-state index in [1.54, 1.807) is 0 Å². The molecule has 0 amide bonds. The van der Waals surface area contributed by atoms with Crippen molar-refractivity contribution in [2.75, 3.05) is 0 Å². The molecule has 0 saturated heterocycles. The number of halogens is 2. The standard InChI is InChI=1S/C12H10ClFN2O3/c1-6-9(12(17)18)11(16(2)15-6)19-8-5-3-4-7(13)10(8)14/h3-5H,1-2H3,(H,17,18). The third-order valence-electron chi connectivity index (χ3n) is 2.51. The Balaban J connectivity index is 2.49. The van der Waals surface area contributed by atoms with E-state index in [-0.39, 0.29) is 27.9 Å². The van der Waals surface area contributed by atoms with Gasteiger partial charge in [-0.3, -0.25) is 0 Å². The molecule has 19 heavy (non-hydrogen) atoms. The monoisotopic (exact) mass is 284 g/mol. The van der Waals surface area contributed by atoms with Crippen LogP contribution in [0.1, 0.15) is 16.1 Å². The molecule has 100 valence electrons. The molecule has 0 atom stereocenters. The summed E-state index contributed by atoms with van der Waals surface area (Å²) < 4.78 is 20.3. The van der Waals surface area contributed by atoms with Crippen LogP contribution in [0.4, 0.5) is 4.39 Å². The van der Waals surface area contributed by atoms with Crippen LogP contribution in [0.2, 0.25) is 5.02 Å². The molecule has 0 unspecified atom stereocenters. The number of benzene rings is 1. The number of hydrogen-bond donors (Lipinski definition) is 1. The van der Waals surface area contributed by atoms with Crippen molar-refractivity contribution in [1.29, 1.82) is 0 Å². The smallest absolute Gasteiger partial charge is 0.343 e. The van der Waals surface area contributed by atoms with E-state index < -0.39 is 11.8 Å². The number of aromatic carboxylic acids is 1. The topological polar surface area (TPSA) is 64.4 Å². The van der Waals surface area contributed by atoms with Gasteiger partial charge in [0.15, 0.2) is 11.6 Å². The molecule has 0 aliphatic heterocycles. The number of carbonyl (C=O) groups is 1. The fourth-order valence-corrected chi connectivity index (χ4v) is 1.83. The molecule has 0 aliphatic rings. The Bertz CT molecular complexity index is 655. The van der Waals surface area contributed by atoms with Crippen molar-refractivity contribution in [1.82, 2.24) is 9.78 Å². The van der Waals surface area contributed by atoms with Crippen LogP contribution in [-0.4, -0.2) is 20.9 Å². The molecular formula is C12H10ClFN2O3. The van der Waals surface area contributed by atoms with Gasteiger partial charge in [0.1, 0.15) is 5.56 Å². The number of carboxylic acids is 1. The van der Waals surface area contributed by atoms with Crippen molar-refractivity contribution < 1.29 is 19.0 Å². The van der Waals surface area contributed by atoms with Crippen molar-refractivity contribution >= 4 is 17.6 Å². The Kier molecular flexibility index (Phi) is 3.44. The summed E-state index contributed by atoms with van der Waals surface area (Å²) in [4.78, 5) is 11.1. The van der Waals surface area contributed by atoms with E-state index >= 15 is 0 Å². The summed E-state index contributed by atoms with van der Waals surface area (Å²) in [6.07, 6.45) is 0. The molecule has 5 nitrogen and oxygen atoms in total. The van der Waals surface area contributed by atoms with Crippen LogP contribution in [-0.2, 0) is 7.05 Å². The van der Waals surface area contributed by atoms with Crippen LogP contribution in [0.3, 0.4) is 0 Å². The first-order valence-electron chi connectivity index (χ1n) is 5.30. The first-order chi connectivity index (χ1) is 8.91. The molecule has 0 aliphatic carbocycles. The van der Waals surface area contributed by atoms with Crippen molar-refractivity contribution in [2.45, 2.75) is 6.92 Å². The Morgan fingerprint density at radius 3 is 2.84 bits per heavy atom. The molecule has 0 radical (unpaired) electrons. The lowest BCUT2D eigenvalue weighted by molar-refractivity contribution is 0.0693. The van der Waals surface area contributed by atoms with Gasteiger partial charge in [-0.2, -0.15) is 5.10 Å². The molecule has 1 aromatic carbocycles. The molecule has 1 N–H and O–H groups in total. The van der Waals surface area contributed by atoms with Gasteiger partial charge in [-0.15, -0.1) is 0 Å². The van der Waals surface area contributed by atoms with Gasteiger partial charge in [-0.05, 0) is 19.1 Å². The predicted octanol–water partition coefficient (Wildman–Crippen LogP) is 3.01. The zero-order valence-corrected chi connectivity index (χ0v) is 10.9. The van der Waals surface area contributed by atoms with Crippen LogP contribution < -0.4 is 4.74 Å². The molecule has 0 bridgehead atoms. The number of rotatable bonds is 3. The summed E-state index contributed by atoms with van der Waals surface area (Å²) in [6.45, 7) is 1.53. The van der Waals surface area contributed by atoms with E-state index in [9.17, 15) is 9.18 Å². The van der Waals surface area contributed by atoms with Gasteiger partial charge in [-0.25, -0.2) is 13.9 Å². The number of nitrogens with zero attached hydrogens (tertiary/aromatic N) is 2. The number of aromatic nitrogens is 2. The van der Waals surface area contributed by atoms with Crippen LogP contribution in [0.25, 0.3) is 0 Å². The zero-order chi connectivity index (χ0) is 14.2. The predicted molar refractivity (Wildman–Crippen MR) is 66.4 cm³/mol. The first kappa shape index (κ1) is 13.4. The molecule has 7 heteroatoms. The largest absolute Gasteiger partial charge is 0.477 e. The van der Waals surface area contributed by atoms with Crippen LogP contribution in [0, 0.1) is 12.7 Å². The number of carboxylic acid groups (broad SMARTS) is 1. The third-order valence-corrected chi connectivity index (χ3v) is 2.80. The number of ether oxygens (including phenoxy) is 1. The van der Waals surface area contributed by atoms with E-state index in [0.29, 0.717) is 0 Å². The molecule has 1 heterocycles. The molecule has 0 spiro atoms. The highest BCUT2D eigenvalue weighted by Gasteiger charge is 2.22. The Morgan fingerprint density at radius 1 is 1.53 bits per heavy atom. The summed E-state index contributed by atoms with van der Waals surface area (Å²) in [6, 6.07) is 4.23. The second kappa shape index (κ2) is 4.89. The van der Waals surface area contributed by atoms with Gasteiger partial charge >= 0.3 is 5.97 Å². The van der Waals surface area contributed by atoms with Crippen molar-refractivity contribution in [3.8, 4) is 11.6 Å². The lowest BCUT2D eigenvalue weighted by Gasteiger charge is -2.08. The fraction of sp³-hybridized carbons (Fsp3) is 0.167. The maximum absolute atomic E-state index is 13.7. The molecule has 2 aromatic rings. The van der Waals surface area contributed by atoms with Crippen molar-refractivity contribution in [2.24, 2.45) is 7.05 Å². The highest BCUT2D eigenvalue weighted by atomic mass is 35.5. The number of hydrogen-bond acceptors (Lipinski definition) is 3. The molecule has 0 fully saturated rings. The minimum Gasteiger partial charge on any atom is -0.477 e. The lowest BCUT2D eigenvalue weighted by atomic mass is 10.2. The Labute approximate surface area is 113 Å². The lowest BCUT2D eigenvalue weighted by Crippen LogP contribution is -2.02. The van der Waals surface area contributed by atoms with E-state index in [1.807, 2.05) is 0 Å². The summed E-state index contributed by atoms with van der Waals surface area (Å²) in [5, 5.41) is 12.9. The van der Waals surface area contributed by atoms with E-state index in [4.69, 9.17) is 21.4 Å². The van der Waals surface area contributed by atoms with Gasteiger partial charge in [0, 0.05) is 7.05 Å². The van der Waals surface area contributed by atoms with E-state index in [0.717, 1.165) is 0 Å². The normalized spacial score (nSPS) is 10.5. The average Bonchev–Trinajstić information content (AvgIpc) is 2.60. The maximum Gasteiger partial charge on any atom is 0.343 e. The average molecular weight is 285 g/mol. The minimum absolute atomic E-state index is 0.0498. The molecular weight excluding hydrogens is 275 g/mol. The SMILES string of the molecule is Cc1nn(C)c(Oc2cccc(Cl)c2F)c1C(=O)O. The van der Waals surface area contributed by atoms with Gasteiger partial charge in [0.05, 0.1) is 10.7 Å². The van der Waals surface area contributed by atoms with Crippen LogP contribution in [0.5, 0.6) is 11.6 Å². The van der Waals surface area contributed by atoms with Gasteiger partial charge in [0.25, 0.3) is 0 Å². The quantitative estimate of drug-likeness (QED) is 0.941. The van der Waals surface area contributed by atoms with Crippen LogP contribution >= 0.6 is 11.6 Å². The summed E-state index contributed by atoms with van der Waals surface area (Å²) >= 11 is 5.63. The summed E-state index contributed by atoms with van der Waals surface area (Å²) in [5.74, 6) is -2.15. The summed E-state index contributed by atoms with van der Waals surface area (Å²) in [5.41, 5.74) is 0.175. The molecule has 0 saturated carbocycles. The van der Waals surface area contributed by atoms with Gasteiger partial charge in [0.2, 0.25) is 5.88 Å². The third kappa shape index (κ3) is 2.39. The second-order valence-electron chi connectivity index (χ2n) is 3.85. The van der Waals surface area contributed by atoms with E-state index in [1.165, 1.54) is 36.9 Å². The maximum atomic E-state index is 13.7. The minimum atomic E-state index is -1.19. The van der Waals surface area contributed by atoms with Crippen molar-refractivity contribution in [3.63, 3.8) is 0 Å². The molecule has 1 aromatic heterocycles. The Morgan fingerprint density at radius 2 is 2.21 bits per heavy atom. The second-order valence-corrected chi connectivity index (χ2v) is 4.26. The van der Waals surface area contributed by atoms with Gasteiger partial charge < -0.3 is 9.84 Å². The van der Waals surface area contributed by atoms with Crippen molar-refractivity contribution in [3.05, 3.63) is 40.3 Å². The highest BCUT2D eigenvalue weighted by molar-refractivity contribution is 6.30. The first-order valence-corrected chi connectivity index (χ1v) is 5.68.